The third kappa shape index (κ3) is 6.39. The van der Waals surface area contributed by atoms with Crippen molar-refractivity contribution in [2.75, 3.05) is 52.8 Å². The van der Waals surface area contributed by atoms with Crippen LogP contribution in [0.1, 0.15) is 46.4 Å². The van der Waals surface area contributed by atoms with Gasteiger partial charge in [-0.3, -0.25) is 14.5 Å². The minimum Gasteiger partial charge on any atom is -0.496 e. The predicted molar refractivity (Wildman–Crippen MR) is 107 cm³/mol. The molecule has 3 rings (SSSR count). The Balaban J connectivity index is 1.14. The van der Waals surface area contributed by atoms with Gasteiger partial charge in [0.2, 0.25) is 0 Å². The van der Waals surface area contributed by atoms with E-state index >= 15 is 0 Å². The SMILES string of the molecule is O=C1c2ccccc2C(=O)N1CCOCCOCCOCCOC1=CCCCC1. The lowest BCUT2D eigenvalue weighted by molar-refractivity contribution is 0.00219. The smallest absolute Gasteiger partial charge is 0.261 e. The van der Waals surface area contributed by atoms with Crippen LogP contribution >= 0.6 is 0 Å². The summed E-state index contributed by atoms with van der Waals surface area (Å²) in [5.41, 5.74) is 0.920. The number of rotatable bonds is 13. The van der Waals surface area contributed by atoms with Crippen molar-refractivity contribution < 1.29 is 28.5 Å². The largest absolute Gasteiger partial charge is 0.496 e. The number of fused-ring (bicyclic) bond motifs is 1. The van der Waals surface area contributed by atoms with Crippen LogP contribution < -0.4 is 0 Å². The van der Waals surface area contributed by atoms with E-state index in [1.807, 2.05) is 0 Å². The summed E-state index contributed by atoms with van der Waals surface area (Å²) in [6, 6.07) is 6.86. The molecule has 0 saturated heterocycles. The summed E-state index contributed by atoms with van der Waals surface area (Å²) in [6.07, 6.45) is 6.79. The van der Waals surface area contributed by atoms with Gasteiger partial charge in [0.1, 0.15) is 6.61 Å². The molecule has 1 aromatic carbocycles. The molecule has 1 heterocycles. The summed E-state index contributed by atoms with van der Waals surface area (Å²) in [5, 5.41) is 0. The molecule has 1 aliphatic heterocycles. The van der Waals surface area contributed by atoms with Gasteiger partial charge in [0.05, 0.1) is 63.1 Å². The standard InChI is InChI=1S/C22H29NO6/c24-21-19-8-4-5-9-20(19)22(25)23(21)10-11-26-12-13-27-14-15-28-16-17-29-18-6-2-1-3-7-18/h4-6,8-9H,1-3,7,10-17H2. The van der Waals surface area contributed by atoms with E-state index in [9.17, 15) is 9.59 Å². The molecule has 0 atom stereocenters. The number of amides is 2. The topological polar surface area (TPSA) is 74.3 Å². The van der Waals surface area contributed by atoms with Crippen molar-refractivity contribution in [3.8, 4) is 0 Å². The Labute approximate surface area is 171 Å². The zero-order chi connectivity index (χ0) is 20.3. The average molecular weight is 403 g/mol. The zero-order valence-corrected chi connectivity index (χ0v) is 16.8. The van der Waals surface area contributed by atoms with Crippen LogP contribution in [0.15, 0.2) is 36.1 Å². The molecular formula is C22H29NO6. The molecule has 2 aliphatic rings. The number of nitrogens with zero attached hydrogens (tertiary/aromatic N) is 1. The van der Waals surface area contributed by atoms with Gasteiger partial charge < -0.3 is 18.9 Å². The van der Waals surface area contributed by atoms with Crippen LogP contribution in [0.2, 0.25) is 0 Å². The molecule has 1 aliphatic carbocycles. The first kappa shape index (κ1) is 21.5. The van der Waals surface area contributed by atoms with E-state index in [0.717, 1.165) is 18.6 Å². The molecule has 0 spiro atoms. The summed E-state index contributed by atoms with van der Waals surface area (Å²) >= 11 is 0. The molecule has 0 fully saturated rings. The Morgan fingerprint density at radius 1 is 0.759 bits per heavy atom. The molecule has 0 radical (unpaired) electrons. The van der Waals surface area contributed by atoms with Crippen LogP contribution in [0, 0.1) is 0 Å². The van der Waals surface area contributed by atoms with Gasteiger partial charge in [-0.25, -0.2) is 0 Å². The van der Waals surface area contributed by atoms with E-state index < -0.39 is 0 Å². The third-order valence-corrected chi connectivity index (χ3v) is 4.85. The van der Waals surface area contributed by atoms with E-state index in [1.165, 1.54) is 17.7 Å². The zero-order valence-electron chi connectivity index (χ0n) is 16.8. The number of hydrogen-bond acceptors (Lipinski definition) is 6. The van der Waals surface area contributed by atoms with Gasteiger partial charge in [-0.2, -0.15) is 0 Å². The summed E-state index contributed by atoms with van der Waals surface area (Å²) in [6.45, 7) is 3.51. The van der Waals surface area contributed by atoms with Gasteiger partial charge in [-0.15, -0.1) is 0 Å². The molecular weight excluding hydrogens is 374 g/mol. The van der Waals surface area contributed by atoms with Crippen LogP contribution in [-0.4, -0.2) is 69.5 Å². The quantitative estimate of drug-likeness (QED) is 0.372. The van der Waals surface area contributed by atoms with E-state index in [4.69, 9.17) is 18.9 Å². The lowest BCUT2D eigenvalue weighted by Gasteiger charge is -2.14. The van der Waals surface area contributed by atoms with Crippen molar-refractivity contribution in [1.82, 2.24) is 4.90 Å². The highest BCUT2D eigenvalue weighted by molar-refractivity contribution is 6.21. The van der Waals surface area contributed by atoms with E-state index in [2.05, 4.69) is 6.08 Å². The molecule has 1 aromatic rings. The van der Waals surface area contributed by atoms with E-state index in [1.54, 1.807) is 24.3 Å². The fourth-order valence-corrected chi connectivity index (χ4v) is 3.31. The lowest BCUT2D eigenvalue weighted by atomic mass is 10.1. The monoisotopic (exact) mass is 403 g/mol. The van der Waals surface area contributed by atoms with Crippen molar-refractivity contribution in [2.45, 2.75) is 25.7 Å². The fourth-order valence-electron chi connectivity index (χ4n) is 3.31. The third-order valence-electron chi connectivity index (χ3n) is 4.85. The Bertz CT molecular complexity index is 682. The summed E-state index contributed by atoms with van der Waals surface area (Å²) in [5.74, 6) is 0.576. The molecule has 7 heteroatoms. The lowest BCUT2D eigenvalue weighted by Crippen LogP contribution is -2.33. The maximum atomic E-state index is 12.2. The second-order valence-electron chi connectivity index (χ2n) is 6.91. The molecule has 0 bridgehead atoms. The van der Waals surface area contributed by atoms with E-state index in [-0.39, 0.29) is 18.4 Å². The summed E-state index contributed by atoms with van der Waals surface area (Å²) in [4.78, 5) is 25.6. The minimum absolute atomic E-state index is 0.242. The Hall–Kier alpha value is -2.22. The number of ether oxygens (including phenoxy) is 4. The number of benzene rings is 1. The van der Waals surface area contributed by atoms with Crippen LogP contribution in [0.5, 0.6) is 0 Å². The normalized spacial score (nSPS) is 16.1. The Morgan fingerprint density at radius 2 is 1.34 bits per heavy atom. The highest BCUT2D eigenvalue weighted by Gasteiger charge is 2.34. The van der Waals surface area contributed by atoms with Crippen molar-refractivity contribution >= 4 is 11.8 Å². The Morgan fingerprint density at radius 3 is 1.93 bits per heavy atom. The van der Waals surface area contributed by atoms with Crippen LogP contribution in [0.3, 0.4) is 0 Å². The van der Waals surface area contributed by atoms with Crippen molar-refractivity contribution in [2.24, 2.45) is 0 Å². The van der Waals surface area contributed by atoms with Crippen molar-refractivity contribution in [3.63, 3.8) is 0 Å². The minimum atomic E-state index is -0.258. The first-order valence-electron chi connectivity index (χ1n) is 10.3. The maximum Gasteiger partial charge on any atom is 0.261 e. The number of hydrogen-bond donors (Lipinski definition) is 0. The number of allylic oxidation sites excluding steroid dienone is 2. The summed E-state index contributed by atoms with van der Waals surface area (Å²) in [7, 11) is 0. The highest BCUT2D eigenvalue weighted by atomic mass is 16.6. The number of carbonyl (C=O) groups is 2. The van der Waals surface area contributed by atoms with Gasteiger partial charge in [-0.05, 0) is 37.5 Å². The second-order valence-corrected chi connectivity index (χ2v) is 6.91. The van der Waals surface area contributed by atoms with Crippen LogP contribution in [-0.2, 0) is 18.9 Å². The second kappa shape index (κ2) is 11.7. The van der Waals surface area contributed by atoms with Crippen LogP contribution in [0.4, 0.5) is 0 Å². The maximum absolute atomic E-state index is 12.2. The van der Waals surface area contributed by atoms with Gasteiger partial charge >= 0.3 is 0 Å². The number of carbonyl (C=O) groups excluding carboxylic acids is 2. The average Bonchev–Trinajstić information content (AvgIpc) is 3.00. The molecule has 0 aromatic heterocycles. The number of imide groups is 1. The first-order valence-corrected chi connectivity index (χ1v) is 10.3. The van der Waals surface area contributed by atoms with Gasteiger partial charge in [0.15, 0.2) is 0 Å². The fraction of sp³-hybridized carbons (Fsp3) is 0.545. The Kier molecular flexibility index (Phi) is 8.67. The van der Waals surface area contributed by atoms with Gasteiger partial charge in [-0.1, -0.05) is 12.1 Å². The molecule has 2 amide bonds. The molecule has 29 heavy (non-hydrogen) atoms. The van der Waals surface area contributed by atoms with Gasteiger partial charge in [0.25, 0.3) is 11.8 Å². The molecule has 158 valence electrons. The highest BCUT2D eigenvalue weighted by Crippen LogP contribution is 2.21. The molecule has 7 nitrogen and oxygen atoms in total. The first-order chi connectivity index (χ1) is 14.3. The summed E-state index contributed by atoms with van der Waals surface area (Å²) < 4.78 is 22.0. The molecule has 0 saturated carbocycles. The molecule has 0 unspecified atom stereocenters. The van der Waals surface area contributed by atoms with Gasteiger partial charge in [0, 0.05) is 6.42 Å². The van der Waals surface area contributed by atoms with E-state index in [0.29, 0.717) is 57.4 Å². The van der Waals surface area contributed by atoms with Crippen LogP contribution in [0.25, 0.3) is 0 Å². The molecule has 0 N–H and O–H groups in total. The van der Waals surface area contributed by atoms with Crippen molar-refractivity contribution in [3.05, 3.63) is 47.2 Å². The van der Waals surface area contributed by atoms with Crippen molar-refractivity contribution in [1.29, 1.82) is 0 Å². The predicted octanol–water partition coefficient (Wildman–Crippen LogP) is 2.81.